The van der Waals surface area contributed by atoms with Crippen LogP contribution >= 0.6 is 0 Å². The van der Waals surface area contributed by atoms with E-state index in [9.17, 15) is 4.79 Å². The molecule has 0 aromatic carbocycles. The third kappa shape index (κ3) is 4.60. The van der Waals surface area contributed by atoms with E-state index in [1.165, 1.54) is 25.9 Å². The zero-order valence-electron chi connectivity index (χ0n) is 12.8. The summed E-state index contributed by atoms with van der Waals surface area (Å²) < 4.78 is 0. The van der Waals surface area contributed by atoms with Crippen LogP contribution in [0.15, 0.2) is 0 Å². The van der Waals surface area contributed by atoms with Crippen LogP contribution in [0.1, 0.15) is 40.5 Å². The van der Waals surface area contributed by atoms with E-state index in [2.05, 4.69) is 18.7 Å². The van der Waals surface area contributed by atoms with Crippen molar-refractivity contribution in [2.75, 3.05) is 33.2 Å². The van der Waals surface area contributed by atoms with E-state index in [4.69, 9.17) is 0 Å². The topological polar surface area (TPSA) is 23.6 Å². The molecule has 1 heterocycles. The molecule has 0 spiro atoms. The lowest BCUT2D eigenvalue weighted by Crippen LogP contribution is -2.41. The second kappa shape index (κ2) is 7.13. The SMILES string of the molecule is CC(C)C(=O)N(C)CCN1CCC(C(C)C)CC1. The van der Waals surface area contributed by atoms with Gasteiger partial charge in [-0.2, -0.15) is 0 Å². The fraction of sp³-hybridized carbons (Fsp3) is 0.933. The van der Waals surface area contributed by atoms with Gasteiger partial charge in [0.05, 0.1) is 0 Å². The molecule has 0 radical (unpaired) electrons. The summed E-state index contributed by atoms with van der Waals surface area (Å²) in [6, 6.07) is 0. The largest absolute Gasteiger partial charge is 0.344 e. The number of amides is 1. The number of hydrogen-bond acceptors (Lipinski definition) is 2. The highest BCUT2D eigenvalue weighted by molar-refractivity contribution is 5.77. The van der Waals surface area contributed by atoms with Crippen LogP contribution in [-0.2, 0) is 4.79 Å². The summed E-state index contributed by atoms with van der Waals surface area (Å²) in [5, 5.41) is 0. The Labute approximate surface area is 113 Å². The Balaban J connectivity index is 2.24. The van der Waals surface area contributed by atoms with Crippen LogP contribution < -0.4 is 0 Å². The minimum absolute atomic E-state index is 0.113. The lowest BCUT2D eigenvalue weighted by atomic mass is 9.87. The van der Waals surface area contributed by atoms with Crippen molar-refractivity contribution in [1.82, 2.24) is 9.80 Å². The molecule has 0 N–H and O–H groups in total. The zero-order valence-corrected chi connectivity index (χ0v) is 12.8. The molecule has 0 aromatic heterocycles. The minimum Gasteiger partial charge on any atom is -0.344 e. The maximum absolute atomic E-state index is 11.8. The van der Waals surface area contributed by atoms with Crippen LogP contribution in [0, 0.1) is 17.8 Å². The number of likely N-dealkylation sites (tertiary alicyclic amines) is 1. The fourth-order valence-electron chi connectivity index (χ4n) is 2.69. The van der Waals surface area contributed by atoms with E-state index in [0.717, 1.165) is 24.9 Å². The molecule has 0 unspecified atom stereocenters. The Morgan fingerprint density at radius 3 is 2.22 bits per heavy atom. The molecule has 18 heavy (non-hydrogen) atoms. The van der Waals surface area contributed by atoms with Crippen LogP contribution in [-0.4, -0.2) is 48.9 Å². The molecule has 106 valence electrons. The number of likely N-dealkylation sites (N-methyl/N-ethyl adjacent to an activating group) is 1. The van der Waals surface area contributed by atoms with Gasteiger partial charge in [-0.05, 0) is 37.8 Å². The Morgan fingerprint density at radius 1 is 1.22 bits per heavy atom. The number of nitrogens with zero attached hydrogens (tertiary/aromatic N) is 2. The molecule has 1 saturated heterocycles. The van der Waals surface area contributed by atoms with E-state index < -0.39 is 0 Å². The first kappa shape index (κ1) is 15.5. The highest BCUT2D eigenvalue weighted by Crippen LogP contribution is 2.24. The molecule has 0 saturated carbocycles. The van der Waals surface area contributed by atoms with Gasteiger partial charge in [0, 0.05) is 26.1 Å². The number of hydrogen-bond donors (Lipinski definition) is 0. The molecule has 0 atom stereocenters. The van der Waals surface area contributed by atoms with Crippen molar-refractivity contribution in [2.24, 2.45) is 17.8 Å². The number of piperidine rings is 1. The second-order valence-electron chi connectivity index (χ2n) is 6.34. The van der Waals surface area contributed by atoms with Crippen molar-refractivity contribution in [3.05, 3.63) is 0 Å². The lowest BCUT2D eigenvalue weighted by Gasteiger charge is -2.34. The van der Waals surface area contributed by atoms with Gasteiger partial charge in [-0.25, -0.2) is 0 Å². The molecule has 0 bridgehead atoms. The Bertz CT molecular complexity index is 255. The highest BCUT2D eigenvalue weighted by atomic mass is 16.2. The molecular weight excluding hydrogens is 224 g/mol. The first-order valence-corrected chi connectivity index (χ1v) is 7.39. The minimum atomic E-state index is 0.113. The summed E-state index contributed by atoms with van der Waals surface area (Å²) in [4.78, 5) is 16.1. The summed E-state index contributed by atoms with van der Waals surface area (Å²) in [5.74, 6) is 2.09. The van der Waals surface area contributed by atoms with Gasteiger partial charge >= 0.3 is 0 Å². The van der Waals surface area contributed by atoms with Gasteiger partial charge in [0.25, 0.3) is 0 Å². The summed E-state index contributed by atoms with van der Waals surface area (Å²) in [5.41, 5.74) is 0. The van der Waals surface area contributed by atoms with E-state index in [-0.39, 0.29) is 11.8 Å². The fourth-order valence-corrected chi connectivity index (χ4v) is 2.69. The number of carbonyl (C=O) groups is 1. The maximum atomic E-state index is 11.8. The van der Waals surface area contributed by atoms with Crippen LogP contribution in [0.2, 0.25) is 0 Å². The Kier molecular flexibility index (Phi) is 6.13. The average molecular weight is 254 g/mol. The van der Waals surface area contributed by atoms with Gasteiger partial charge in [-0.3, -0.25) is 4.79 Å². The third-order valence-electron chi connectivity index (χ3n) is 4.20. The summed E-state index contributed by atoms with van der Waals surface area (Å²) in [7, 11) is 1.92. The summed E-state index contributed by atoms with van der Waals surface area (Å²) in [6.07, 6.45) is 2.64. The normalized spacial score (nSPS) is 18.6. The van der Waals surface area contributed by atoms with Crippen molar-refractivity contribution in [3.63, 3.8) is 0 Å². The van der Waals surface area contributed by atoms with Gasteiger partial charge < -0.3 is 9.80 Å². The molecule has 0 aliphatic carbocycles. The molecule has 1 rings (SSSR count). The van der Waals surface area contributed by atoms with Gasteiger partial charge in [0.2, 0.25) is 5.91 Å². The molecule has 1 fully saturated rings. The van der Waals surface area contributed by atoms with Crippen molar-refractivity contribution < 1.29 is 4.79 Å². The van der Waals surface area contributed by atoms with Crippen molar-refractivity contribution >= 4 is 5.91 Å². The van der Waals surface area contributed by atoms with E-state index in [0.29, 0.717) is 0 Å². The standard InChI is InChI=1S/C15H30N2O/c1-12(2)14-6-8-17(9-7-14)11-10-16(5)15(18)13(3)4/h12-14H,6-11H2,1-5H3. The van der Waals surface area contributed by atoms with Crippen molar-refractivity contribution in [2.45, 2.75) is 40.5 Å². The average Bonchev–Trinajstić information content (AvgIpc) is 2.35. The van der Waals surface area contributed by atoms with Gasteiger partial charge in [-0.15, -0.1) is 0 Å². The molecule has 0 aromatic rings. The van der Waals surface area contributed by atoms with E-state index in [1.54, 1.807) is 0 Å². The van der Waals surface area contributed by atoms with E-state index in [1.807, 2.05) is 25.8 Å². The molecule has 3 nitrogen and oxygen atoms in total. The zero-order chi connectivity index (χ0) is 13.7. The van der Waals surface area contributed by atoms with Crippen molar-refractivity contribution in [3.8, 4) is 0 Å². The molecule has 3 heteroatoms. The van der Waals surface area contributed by atoms with E-state index >= 15 is 0 Å². The number of carbonyl (C=O) groups excluding carboxylic acids is 1. The summed E-state index contributed by atoms with van der Waals surface area (Å²) in [6.45, 7) is 12.9. The molecule has 1 amide bonds. The quantitative estimate of drug-likeness (QED) is 0.752. The lowest BCUT2D eigenvalue weighted by molar-refractivity contribution is -0.133. The third-order valence-corrected chi connectivity index (χ3v) is 4.20. The molecule has 1 aliphatic rings. The van der Waals surface area contributed by atoms with Crippen molar-refractivity contribution in [1.29, 1.82) is 0 Å². The Hall–Kier alpha value is -0.570. The Morgan fingerprint density at radius 2 is 1.78 bits per heavy atom. The smallest absolute Gasteiger partial charge is 0.224 e. The van der Waals surface area contributed by atoms with Crippen LogP contribution in [0.4, 0.5) is 0 Å². The van der Waals surface area contributed by atoms with Gasteiger partial charge in [0.15, 0.2) is 0 Å². The highest BCUT2D eigenvalue weighted by Gasteiger charge is 2.22. The number of rotatable bonds is 5. The first-order chi connectivity index (χ1) is 8.41. The van der Waals surface area contributed by atoms with Crippen LogP contribution in [0.3, 0.4) is 0 Å². The predicted octanol–water partition coefficient (Wildman–Crippen LogP) is 2.47. The molecular formula is C15H30N2O. The summed E-state index contributed by atoms with van der Waals surface area (Å²) >= 11 is 0. The maximum Gasteiger partial charge on any atom is 0.224 e. The predicted molar refractivity (Wildman–Crippen MR) is 76.5 cm³/mol. The second-order valence-corrected chi connectivity index (χ2v) is 6.34. The molecule has 1 aliphatic heterocycles. The van der Waals surface area contributed by atoms with Gasteiger partial charge in [0.1, 0.15) is 0 Å². The van der Waals surface area contributed by atoms with Gasteiger partial charge in [-0.1, -0.05) is 27.7 Å². The van der Waals surface area contributed by atoms with Crippen LogP contribution in [0.5, 0.6) is 0 Å². The first-order valence-electron chi connectivity index (χ1n) is 7.39. The monoisotopic (exact) mass is 254 g/mol. The van der Waals surface area contributed by atoms with Crippen LogP contribution in [0.25, 0.3) is 0 Å².